The zero-order chi connectivity index (χ0) is 13.8. The quantitative estimate of drug-likeness (QED) is 0.655. The van der Waals surface area contributed by atoms with E-state index < -0.39 is 0 Å². The van der Waals surface area contributed by atoms with Crippen LogP contribution in [-0.4, -0.2) is 50.5 Å². The lowest BCUT2D eigenvalue weighted by molar-refractivity contribution is -0.0712. The van der Waals surface area contributed by atoms with E-state index in [-0.39, 0.29) is 6.10 Å². The van der Waals surface area contributed by atoms with Gasteiger partial charge in [-0.05, 0) is 12.3 Å². The average molecular weight is 259 g/mol. The van der Waals surface area contributed by atoms with E-state index in [1.807, 2.05) is 13.8 Å². The summed E-state index contributed by atoms with van der Waals surface area (Å²) in [7, 11) is 0. The van der Waals surface area contributed by atoms with Gasteiger partial charge in [0, 0.05) is 26.2 Å². The van der Waals surface area contributed by atoms with Gasteiger partial charge in [0.25, 0.3) is 0 Å². The maximum Gasteiger partial charge on any atom is 0.0935 e. The summed E-state index contributed by atoms with van der Waals surface area (Å²) in [5.74, 6) is 0.736. The Hall–Kier alpha value is -0.120. The highest BCUT2D eigenvalue weighted by Gasteiger charge is 2.20. The highest BCUT2D eigenvalue weighted by atomic mass is 16.5. The van der Waals surface area contributed by atoms with Gasteiger partial charge in [-0.15, -0.1) is 0 Å². The van der Waals surface area contributed by atoms with Crippen LogP contribution in [0.2, 0.25) is 0 Å². The smallest absolute Gasteiger partial charge is 0.0935 e. The fourth-order valence-electron chi connectivity index (χ4n) is 2.02. The van der Waals surface area contributed by atoms with E-state index >= 15 is 0 Å². The monoisotopic (exact) mass is 259 g/mol. The largest absolute Gasteiger partial charge is 0.379 e. The van der Waals surface area contributed by atoms with Crippen LogP contribution in [-0.2, 0) is 9.47 Å². The second-order valence-corrected chi connectivity index (χ2v) is 5.07. The van der Waals surface area contributed by atoms with Crippen molar-refractivity contribution < 1.29 is 9.47 Å². The van der Waals surface area contributed by atoms with Crippen LogP contribution >= 0.6 is 0 Å². The molecule has 1 unspecified atom stereocenters. The molecule has 1 fully saturated rings. The van der Waals surface area contributed by atoms with Gasteiger partial charge in [-0.3, -0.25) is 4.90 Å². The molecule has 1 rings (SSSR count). The molecule has 0 bridgehead atoms. The van der Waals surface area contributed by atoms with Crippen LogP contribution in [0.25, 0.3) is 0 Å². The molecular weight excluding hydrogens is 226 g/mol. The Kier molecular flexibility index (Phi) is 11.9. The minimum Gasteiger partial charge on any atom is -0.379 e. The second-order valence-electron chi connectivity index (χ2n) is 5.07. The van der Waals surface area contributed by atoms with Crippen molar-refractivity contribution in [2.24, 2.45) is 5.92 Å². The number of ether oxygens (including phenoxy) is 2. The fraction of sp³-hybridized carbons (Fsp3) is 1.00. The minimum atomic E-state index is 0.282. The first-order valence-electron chi connectivity index (χ1n) is 7.64. The summed E-state index contributed by atoms with van der Waals surface area (Å²) in [5.41, 5.74) is 0. The Morgan fingerprint density at radius 1 is 1.33 bits per heavy atom. The summed E-state index contributed by atoms with van der Waals surface area (Å²) in [5, 5.41) is 0. The van der Waals surface area contributed by atoms with E-state index in [0.717, 1.165) is 45.2 Å². The molecule has 3 nitrogen and oxygen atoms in total. The Morgan fingerprint density at radius 3 is 2.67 bits per heavy atom. The molecule has 1 saturated heterocycles. The van der Waals surface area contributed by atoms with E-state index in [2.05, 4.69) is 25.7 Å². The number of nitrogens with zero attached hydrogens (tertiary/aromatic N) is 1. The zero-order valence-corrected chi connectivity index (χ0v) is 13.1. The molecule has 3 heteroatoms. The molecule has 110 valence electrons. The summed E-state index contributed by atoms with van der Waals surface area (Å²) in [6.07, 6.45) is 2.64. The van der Waals surface area contributed by atoms with Crippen LogP contribution in [0.15, 0.2) is 0 Å². The SMILES string of the molecule is CC.CCCCOCC1CN(CC(C)C)CCO1. The summed E-state index contributed by atoms with van der Waals surface area (Å²) in [4.78, 5) is 2.49. The third-order valence-corrected chi connectivity index (χ3v) is 2.79. The molecule has 0 N–H and O–H groups in total. The fourth-order valence-corrected chi connectivity index (χ4v) is 2.02. The summed E-state index contributed by atoms with van der Waals surface area (Å²) in [6.45, 7) is 16.5. The van der Waals surface area contributed by atoms with Crippen molar-refractivity contribution in [2.75, 3.05) is 39.5 Å². The van der Waals surface area contributed by atoms with Crippen LogP contribution in [0.1, 0.15) is 47.5 Å². The van der Waals surface area contributed by atoms with E-state index in [1.54, 1.807) is 0 Å². The molecule has 1 aliphatic rings. The van der Waals surface area contributed by atoms with E-state index in [0.29, 0.717) is 0 Å². The molecule has 1 aliphatic heterocycles. The number of morpholine rings is 1. The third-order valence-electron chi connectivity index (χ3n) is 2.79. The molecule has 0 aromatic heterocycles. The van der Waals surface area contributed by atoms with Crippen LogP contribution in [0.4, 0.5) is 0 Å². The summed E-state index contributed by atoms with van der Waals surface area (Å²) in [6, 6.07) is 0. The lowest BCUT2D eigenvalue weighted by Gasteiger charge is -2.33. The molecule has 0 saturated carbocycles. The van der Waals surface area contributed by atoms with Gasteiger partial charge in [0.15, 0.2) is 0 Å². The predicted octanol–water partition coefficient (Wildman–Crippen LogP) is 3.19. The molecule has 0 aliphatic carbocycles. The number of rotatable bonds is 7. The zero-order valence-electron chi connectivity index (χ0n) is 13.1. The first-order valence-corrected chi connectivity index (χ1v) is 7.64. The predicted molar refractivity (Wildman–Crippen MR) is 78.1 cm³/mol. The van der Waals surface area contributed by atoms with E-state index in [9.17, 15) is 0 Å². The first kappa shape index (κ1) is 17.9. The van der Waals surface area contributed by atoms with Gasteiger partial charge in [0.1, 0.15) is 0 Å². The van der Waals surface area contributed by atoms with Gasteiger partial charge in [-0.1, -0.05) is 41.0 Å². The lowest BCUT2D eigenvalue weighted by Crippen LogP contribution is -2.45. The van der Waals surface area contributed by atoms with Crippen molar-refractivity contribution in [1.82, 2.24) is 4.90 Å². The van der Waals surface area contributed by atoms with Crippen LogP contribution in [0, 0.1) is 5.92 Å². The van der Waals surface area contributed by atoms with Gasteiger partial charge < -0.3 is 9.47 Å². The molecule has 0 spiro atoms. The molecular formula is C15H33NO2. The summed E-state index contributed by atoms with van der Waals surface area (Å²) < 4.78 is 11.3. The van der Waals surface area contributed by atoms with Crippen molar-refractivity contribution in [3.05, 3.63) is 0 Å². The van der Waals surface area contributed by atoms with Crippen molar-refractivity contribution in [1.29, 1.82) is 0 Å². The standard InChI is InChI=1S/C13H27NO2.C2H6/c1-4-5-7-15-11-13-10-14(6-8-16-13)9-12(2)3;1-2/h12-13H,4-11H2,1-3H3;1-2H3. The normalized spacial score (nSPS) is 20.7. The highest BCUT2D eigenvalue weighted by molar-refractivity contribution is 4.71. The van der Waals surface area contributed by atoms with Crippen LogP contribution in [0.5, 0.6) is 0 Å². The second kappa shape index (κ2) is 11.9. The number of hydrogen-bond acceptors (Lipinski definition) is 3. The minimum absolute atomic E-state index is 0.282. The van der Waals surface area contributed by atoms with Gasteiger partial charge in [0.05, 0.1) is 19.3 Å². The van der Waals surface area contributed by atoms with Gasteiger partial charge in [0.2, 0.25) is 0 Å². The van der Waals surface area contributed by atoms with Crippen LogP contribution < -0.4 is 0 Å². The van der Waals surface area contributed by atoms with Gasteiger partial charge >= 0.3 is 0 Å². The average Bonchev–Trinajstić information content (AvgIpc) is 2.37. The number of hydrogen-bond donors (Lipinski definition) is 0. The third kappa shape index (κ3) is 8.90. The van der Waals surface area contributed by atoms with Gasteiger partial charge in [-0.2, -0.15) is 0 Å². The number of unbranched alkanes of at least 4 members (excludes halogenated alkanes) is 1. The molecule has 18 heavy (non-hydrogen) atoms. The molecule has 0 aromatic carbocycles. The van der Waals surface area contributed by atoms with E-state index in [4.69, 9.17) is 9.47 Å². The molecule has 0 amide bonds. The van der Waals surface area contributed by atoms with Crippen molar-refractivity contribution >= 4 is 0 Å². The molecule has 0 radical (unpaired) electrons. The van der Waals surface area contributed by atoms with Crippen molar-refractivity contribution in [2.45, 2.75) is 53.6 Å². The Labute approximate surface area is 114 Å². The van der Waals surface area contributed by atoms with Gasteiger partial charge in [-0.25, -0.2) is 0 Å². The highest BCUT2D eigenvalue weighted by Crippen LogP contribution is 2.08. The van der Waals surface area contributed by atoms with Crippen molar-refractivity contribution in [3.63, 3.8) is 0 Å². The Balaban J connectivity index is 0.00000137. The lowest BCUT2D eigenvalue weighted by atomic mass is 10.2. The Bertz CT molecular complexity index is 174. The first-order chi connectivity index (χ1) is 8.72. The van der Waals surface area contributed by atoms with Crippen molar-refractivity contribution in [3.8, 4) is 0 Å². The van der Waals surface area contributed by atoms with Crippen LogP contribution in [0.3, 0.4) is 0 Å². The molecule has 1 atom stereocenters. The maximum atomic E-state index is 5.70. The topological polar surface area (TPSA) is 21.7 Å². The van der Waals surface area contributed by atoms with E-state index in [1.165, 1.54) is 13.0 Å². The molecule has 0 aromatic rings. The Morgan fingerprint density at radius 2 is 2.06 bits per heavy atom. The maximum absolute atomic E-state index is 5.70. The molecule has 1 heterocycles. The summed E-state index contributed by atoms with van der Waals surface area (Å²) >= 11 is 0.